The number of nitrogens with zero attached hydrogens (tertiary/aromatic N) is 1. The van der Waals surface area contributed by atoms with Gasteiger partial charge in [-0.25, -0.2) is 8.42 Å². The van der Waals surface area contributed by atoms with Crippen molar-refractivity contribution in [3.05, 3.63) is 65.2 Å². The summed E-state index contributed by atoms with van der Waals surface area (Å²) in [6.07, 6.45) is 2.30. The van der Waals surface area contributed by atoms with E-state index in [1.165, 1.54) is 0 Å². The van der Waals surface area contributed by atoms with Crippen LogP contribution < -0.4 is 4.90 Å². The maximum atomic E-state index is 12.8. The number of rotatable bonds is 8. The van der Waals surface area contributed by atoms with Crippen molar-refractivity contribution in [3.63, 3.8) is 0 Å². The Balaban J connectivity index is 1.63. The highest BCUT2D eigenvalue weighted by Crippen LogP contribution is 2.29. The lowest BCUT2D eigenvalue weighted by Gasteiger charge is -2.43. The number of hydrogen-bond donors (Lipinski definition) is 0. The molecule has 2 aromatic rings. The van der Waals surface area contributed by atoms with Crippen LogP contribution in [0.25, 0.3) is 0 Å². The number of carbonyl (C=O) groups is 1. The first-order valence-electron chi connectivity index (χ1n) is 11.8. The standard InChI is InChI=1S/C27H37NO4S/c1-6-27(7-2)20-28(16-17-32-27)24-14-10-21(11-15-24)18-25(29)23-12-8-22(9-13-23)19-33(30,31)26(3,4)5/h8-15H,6-7,16-20H2,1-5H3. The van der Waals surface area contributed by atoms with E-state index in [4.69, 9.17) is 4.74 Å². The minimum absolute atomic E-state index is 0.0225. The molecule has 0 aliphatic carbocycles. The number of sulfone groups is 1. The van der Waals surface area contributed by atoms with E-state index in [9.17, 15) is 13.2 Å². The molecule has 1 aliphatic heterocycles. The van der Waals surface area contributed by atoms with Gasteiger partial charge in [-0.05, 0) is 56.9 Å². The van der Waals surface area contributed by atoms with Crippen LogP contribution in [0.15, 0.2) is 48.5 Å². The summed E-state index contributed by atoms with van der Waals surface area (Å²) in [7, 11) is -3.25. The van der Waals surface area contributed by atoms with E-state index in [0.29, 0.717) is 17.5 Å². The number of hydrogen-bond acceptors (Lipinski definition) is 5. The number of Topliss-reactive ketones (excluding diaryl/α,β-unsaturated/α-hetero) is 1. The number of morpholine rings is 1. The molecule has 0 unspecified atom stereocenters. The first kappa shape index (κ1) is 25.4. The summed E-state index contributed by atoms with van der Waals surface area (Å²) < 4.78 is 30.1. The van der Waals surface area contributed by atoms with Gasteiger partial charge in [0, 0.05) is 30.8 Å². The summed E-state index contributed by atoms with van der Waals surface area (Å²) in [4.78, 5) is 15.1. The van der Waals surface area contributed by atoms with Crippen molar-refractivity contribution in [3.8, 4) is 0 Å². The van der Waals surface area contributed by atoms with Gasteiger partial charge >= 0.3 is 0 Å². The first-order chi connectivity index (χ1) is 15.5. The van der Waals surface area contributed by atoms with Crippen LogP contribution in [0.1, 0.15) is 68.9 Å². The fourth-order valence-corrected chi connectivity index (χ4v) is 5.14. The highest BCUT2D eigenvalue weighted by Gasteiger charge is 2.33. The third kappa shape index (κ3) is 6.04. The molecule has 33 heavy (non-hydrogen) atoms. The summed E-state index contributed by atoms with van der Waals surface area (Å²) in [6.45, 7) is 12.0. The second kappa shape index (κ2) is 9.98. The van der Waals surface area contributed by atoms with Crippen LogP contribution >= 0.6 is 0 Å². The van der Waals surface area contributed by atoms with E-state index in [-0.39, 0.29) is 17.1 Å². The molecule has 1 saturated heterocycles. The zero-order chi connectivity index (χ0) is 24.3. The van der Waals surface area contributed by atoms with Gasteiger partial charge in [-0.3, -0.25) is 4.79 Å². The third-order valence-electron chi connectivity index (χ3n) is 6.77. The average Bonchev–Trinajstić information content (AvgIpc) is 2.79. The van der Waals surface area contributed by atoms with Crippen LogP contribution in [0.4, 0.5) is 5.69 Å². The van der Waals surface area contributed by atoms with Gasteiger partial charge in [0.2, 0.25) is 0 Å². The van der Waals surface area contributed by atoms with Crippen molar-refractivity contribution in [2.75, 3.05) is 24.6 Å². The van der Waals surface area contributed by atoms with Crippen molar-refractivity contribution in [1.29, 1.82) is 0 Å². The maximum Gasteiger partial charge on any atom is 0.167 e. The van der Waals surface area contributed by atoms with Gasteiger partial charge in [-0.15, -0.1) is 0 Å². The monoisotopic (exact) mass is 471 g/mol. The van der Waals surface area contributed by atoms with Gasteiger partial charge in [0.05, 0.1) is 22.7 Å². The number of ether oxygens (including phenoxy) is 1. The highest BCUT2D eigenvalue weighted by atomic mass is 32.2. The van der Waals surface area contributed by atoms with E-state index in [1.807, 2.05) is 12.1 Å². The Morgan fingerprint density at radius 1 is 0.970 bits per heavy atom. The summed E-state index contributed by atoms with van der Waals surface area (Å²) in [5.41, 5.74) is 3.34. The Labute approximate surface area is 199 Å². The van der Waals surface area contributed by atoms with Crippen molar-refractivity contribution < 1.29 is 17.9 Å². The Bertz CT molecular complexity index is 1050. The molecule has 0 N–H and O–H groups in total. The molecule has 0 bridgehead atoms. The second-order valence-corrected chi connectivity index (χ2v) is 12.7. The summed E-state index contributed by atoms with van der Waals surface area (Å²) in [6, 6.07) is 15.2. The van der Waals surface area contributed by atoms with E-state index < -0.39 is 14.6 Å². The molecular formula is C27H37NO4S. The minimum atomic E-state index is -3.25. The lowest BCUT2D eigenvalue weighted by Crippen LogP contribution is -2.51. The molecular weight excluding hydrogens is 434 g/mol. The van der Waals surface area contributed by atoms with Gasteiger partial charge in [0.1, 0.15) is 0 Å². The largest absolute Gasteiger partial charge is 0.371 e. The lowest BCUT2D eigenvalue weighted by molar-refractivity contribution is -0.0605. The van der Waals surface area contributed by atoms with Crippen LogP contribution in [-0.2, 0) is 26.7 Å². The second-order valence-electron chi connectivity index (χ2n) is 9.99. The fraction of sp³-hybridized carbons (Fsp3) is 0.519. The quantitative estimate of drug-likeness (QED) is 0.494. The zero-order valence-electron chi connectivity index (χ0n) is 20.6. The summed E-state index contributed by atoms with van der Waals surface area (Å²) in [5.74, 6) is 0.000958. The molecule has 0 radical (unpaired) electrons. The lowest BCUT2D eigenvalue weighted by atomic mass is 9.94. The molecule has 6 heteroatoms. The molecule has 0 amide bonds. The predicted octanol–water partition coefficient (Wildman–Crippen LogP) is 5.22. The Morgan fingerprint density at radius 2 is 1.55 bits per heavy atom. The van der Waals surface area contributed by atoms with E-state index in [2.05, 4.69) is 30.9 Å². The van der Waals surface area contributed by atoms with Crippen molar-refractivity contribution in [2.24, 2.45) is 0 Å². The van der Waals surface area contributed by atoms with E-state index in [0.717, 1.165) is 43.8 Å². The Kier molecular flexibility index (Phi) is 7.69. The Morgan fingerprint density at radius 3 is 2.09 bits per heavy atom. The van der Waals surface area contributed by atoms with Gasteiger partial charge < -0.3 is 9.64 Å². The number of ketones is 1. The smallest absolute Gasteiger partial charge is 0.167 e. The van der Waals surface area contributed by atoms with Crippen molar-refractivity contribution in [1.82, 2.24) is 0 Å². The number of anilines is 1. The third-order valence-corrected chi connectivity index (χ3v) is 9.35. The molecule has 3 rings (SSSR count). The molecule has 0 aromatic heterocycles. The van der Waals surface area contributed by atoms with E-state index >= 15 is 0 Å². The summed E-state index contributed by atoms with van der Waals surface area (Å²) in [5, 5.41) is 0. The van der Waals surface area contributed by atoms with Gasteiger partial charge in [0.25, 0.3) is 0 Å². The van der Waals surface area contributed by atoms with Crippen LogP contribution in [0.5, 0.6) is 0 Å². The molecule has 1 heterocycles. The topological polar surface area (TPSA) is 63.7 Å². The molecule has 1 fully saturated rings. The molecule has 0 spiro atoms. The van der Waals surface area contributed by atoms with Gasteiger partial charge in [0.15, 0.2) is 15.6 Å². The van der Waals surface area contributed by atoms with Crippen LogP contribution in [-0.4, -0.2) is 44.2 Å². The molecule has 2 aromatic carbocycles. The number of carbonyl (C=O) groups excluding carboxylic acids is 1. The van der Waals surface area contributed by atoms with Crippen molar-refractivity contribution >= 4 is 21.3 Å². The first-order valence-corrected chi connectivity index (χ1v) is 13.5. The predicted molar refractivity (Wildman–Crippen MR) is 135 cm³/mol. The minimum Gasteiger partial charge on any atom is -0.371 e. The maximum absolute atomic E-state index is 12.8. The summed E-state index contributed by atoms with van der Waals surface area (Å²) >= 11 is 0. The van der Waals surface area contributed by atoms with Crippen LogP contribution in [0.3, 0.4) is 0 Å². The molecule has 0 saturated carbocycles. The molecule has 1 aliphatic rings. The zero-order valence-corrected chi connectivity index (χ0v) is 21.4. The van der Waals surface area contributed by atoms with Crippen molar-refractivity contribution in [2.45, 2.75) is 70.0 Å². The normalized spacial score (nSPS) is 16.6. The Hall–Kier alpha value is -2.18. The van der Waals surface area contributed by atoms with Gasteiger partial charge in [-0.1, -0.05) is 50.2 Å². The fourth-order valence-electron chi connectivity index (χ4n) is 4.08. The van der Waals surface area contributed by atoms with Crippen LogP contribution in [0, 0.1) is 0 Å². The SMILES string of the molecule is CCC1(CC)CN(c2ccc(CC(=O)c3ccc(CS(=O)(=O)C(C)(C)C)cc3)cc2)CCO1. The molecule has 180 valence electrons. The van der Waals surface area contributed by atoms with E-state index in [1.54, 1.807) is 45.0 Å². The average molecular weight is 472 g/mol. The molecule has 5 nitrogen and oxygen atoms in total. The van der Waals surface area contributed by atoms with Crippen LogP contribution in [0.2, 0.25) is 0 Å². The number of benzene rings is 2. The highest BCUT2D eigenvalue weighted by molar-refractivity contribution is 7.91. The van der Waals surface area contributed by atoms with Gasteiger partial charge in [-0.2, -0.15) is 0 Å². The molecule has 0 atom stereocenters.